The molecule has 0 spiro atoms. The topological polar surface area (TPSA) is 71.3 Å². The summed E-state index contributed by atoms with van der Waals surface area (Å²) in [5.74, 6) is 0.545. The highest BCUT2D eigenvalue weighted by Crippen LogP contribution is 2.27. The molecule has 2 aromatic rings. The molecule has 0 fully saturated rings. The van der Waals surface area contributed by atoms with E-state index >= 15 is 0 Å². The van der Waals surface area contributed by atoms with E-state index in [1.807, 2.05) is 25.1 Å². The van der Waals surface area contributed by atoms with Crippen molar-refractivity contribution >= 4 is 27.5 Å². The van der Waals surface area contributed by atoms with Crippen LogP contribution in [0.25, 0.3) is 0 Å². The number of amides is 1. The van der Waals surface area contributed by atoms with E-state index in [1.54, 1.807) is 24.3 Å². The highest BCUT2D eigenvalue weighted by molar-refractivity contribution is 9.10. The van der Waals surface area contributed by atoms with Gasteiger partial charge in [0.2, 0.25) is 0 Å². The zero-order valence-electron chi connectivity index (χ0n) is 12.7. The number of methoxy groups -OCH3 is 1. The predicted octanol–water partition coefficient (Wildman–Crippen LogP) is 3.66. The van der Waals surface area contributed by atoms with E-state index in [0.717, 1.165) is 10.0 Å². The average molecular weight is 375 g/mol. The second-order valence-corrected chi connectivity index (χ2v) is 5.63. The van der Waals surface area contributed by atoms with Gasteiger partial charge in [-0.1, -0.05) is 15.9 Å². The van der Waals surface area contributed by atoms with E-state index in [2.05, 4.69) is 21.2 Å². The van der Waals surface area contributed by atoms with Crippen LogP contribution >= 0.6 is 15.9 Å². The van der Waals surface area contributed by atoms with E-state index in [9.17, 15) is 4.79 Å². The predicted molar refractivity (Wildman–Crippen MR) is 90.7 cm³/mol. The first-order valence-electron chi connectivity index (χ1n) is 6.80. The molecule has 0 unspecified atom stereocenters. The summed E-state index contributed by atoms with van der Waals surface area (Å²) in [7, 11) is 1.48. The number of ether oxygens (including phenoxy) is 2. The van der Waals surface area contributed by atoms with Crippen molar-refractivity contribution in [1.82, 2.24) is 0 Å². The Morgan fingerprint density at radius 3 is 2.70 bits per heavy atom. The molecule has 0 aliphatic carbocycles. The van der Waals surface area contributed by atoms with Crippen LogP contribution in [0.1, 0.15) is 11.1 Å². The van der Waals surface area contributed by atoms with Crippen LogP contribution in [-0.2, 0) is 4.79 Å². The first-order chi connectivity index (χ1) is 11.0. The maximum absolute atomic E-state index is 12.0. The van der Waals surface area contributed by atoms with Crippen LogP contribution in [0.5, 0.6) is 11.5 Å². The van der Waals surface area contributed by atoms with Crippen LogP contribution in [0, 0.1) is 18.3 Å². The van der Waals surface area contributed by atoms with Gasteiger partial charge in [0.1, 0.15) is 0 Å². The van der Waals surface area contributed by atoms with Gasteiger partial charge >= 0.3 is 0 Å². The summed E-state index contributed by atoms with van der Waals surface area (Å²) >= 11 is 3.41. The van der Waals surface area contributed by atoms with E-state index in [1.165, 1.54) is 7.11 Å². The zero-order valence-corrected chi connectivity index (χ0v) is 14.3. The number of hydrogen-bond acceptors (Lipinski definition) is 4. The highest BCUT2D eigenvalue weighted by atomic mass is 79.9. The summed E-state index contributed by atoms with van der Waals surface area (Å²) in [5, 5.41) is 11.6. The van der Waals surface area contributed by atoms with Crippen molar-refractivity contribution in [3.05, 3.63) is 52.0 Å². The monoisotopic (exact) mass is 374 g/mol. The largest absolute Gasteiger partial charge is 0.493 e. The molecule has 0 aliphatic heterocycles. The summed E-state index contributed by atoms with van der Waals surface area (Å²) in [4.78, 5) is 12.0. The number of carbonyl (C=O) groups excluding carboxylic acids is 1. The Kier molecular flexibility index (Phi) is 5.61. The molecule has 0 aromatic heterocycles. The van der Waals surface area contributed by atoms with Crippen molar-refractivity contribution in [3.8, 4) is 17.6 Å². The maximum Gasteiger partial charge on any atom is 0.262 e. The molecule has 2 aromatic carbocycles. The number of anilines is 1. The SMILES string of the molecule is COc1cc(C#N)ccc1OCC(=O)Nc1ccc(Br)c(C)c1. The number of nitrogens with one attached hydrogen (secondary N) is 1. The summed E-state index contributed by atoms with van der Waals surface area (Å²) in [6, 6.07) is 12.3. The first kappa shape index (κ1) is 16.8. The lowest BCUT2D eigenvalue weighted by atomic mass is 10.2. The van der Waals surface area contributed by atoms with Gasteiger partial charge in [0, 0.05) is 16.2 Å². The molecule has 0 heterocycles. The number of carbonyl (C=O) groups is 1. The standard InChI is InChI=1S/C17H15BrN2O3/c1-11-7-13(4-5-14(11)18)20-17(21)10-23-15-6-3-12(9-19)8-16(15)22-2/h3-8H,10H2,1-2H3,(H,20,21). The number of rotatable bonds is 5. The van der Waals surface area contributed by atoms with Crippen LogP contribution in [0.15, 0.2) is 40.9 Å². The average Bonchev–Trinajstić information content (AvgIpc) is 2.56. The normalized spacial score (nSPS) is 9.83. The maximum atomic E-state index is 12.0. The minimum atomic E-state index is -0.280. The van der Waals surface area contributed by atoms with Crippen molar-refractivity contribution in [2.75, 3.05) is 19.0 Å². The molecule has 6 heteroatoms. The number of aryl methyl sites for hydroxylation is 1. The smallest absolute Gasteiger partial charge is 0.262 e. The zero-order chi connectivity index (χ0) is 16.8. The van der Waals surface area contributed by atoms with Gasteiger partial charge in [-0.15, -0.1) is 0 Å². The quantitative estimate of drug-likeness (QED) is 0.866. The van der Waals surface area contributed by atoms with Gasteiger partial charge in [0.25, 0.3) is 5.91 Å². The third-order valence-electron chi connectivity index (χ3n) is 3.09. The van der Waals surface area contributed by atoms with Gasteiger partial charge in [-0.2, -0.15) is 5.26 Å². The van der Waals surface area contributed by atoms with Crippen molar-refractivity contribution in [2.24, 2.45) is 0 Å². The van der Waals surface area contributed by atoms with Crippen LogP contribution in [0.4, 0.5) is 5.69 Å². The minimum Gasteiger partial charge on any atom is -0.493 e. The van der Waals surface area contributed by atoms with Crippen LogP contribution < -0.4 is 14.8 Å². The van der Waals surface area contributed by atoms with E-state index in [4.69, 9.17) is 14.7 Å². The Morgan fingerprint density at radius 2 is 2.04 bits per heavy atom. The number of benzene rings is 2. The van der Waals surface area contributed by atoms with Crippen LogP contribution in [0.3, 0.4) is 0 Å². The van der Waals surface area contributed by atoms with Crippen molar-refractivity contribution in [2.45, 2.75) is 6.92 Å². The number of nitrogens with zero attached hydrogens (tertiary/aromatic N) is 1. The molecule has 0 atom stereocenters. The third-order valence-corrected chi connectivity index (χ3v) is 3.98. The fraction of sp³-hybridized carbons (Fsp3) is 0.176. The van der Waals surface area contributed by atoms with Crippen LogP contribution in [0.2, 0.25) is 0 Å². The molecular weight excluding hydrogens is 360 g/mol. The lowest BCUT2D eigenvalue weighted by Crippen LogP contribution is -2.20. The Hall–Kier alpha value is -2.52. The van der Waals surface area contributed by atoms with Gasteiger partial charge in [-0.05, 0) is 42.8 Å². The molecule has 23 heavy (non-hydrogen) atoms. The van der Waals surface area contributed by atoms with Crippen molar-refractivity contribution in [1.29, 1.82) is 5.26 Å². The molecule has 0 saturated carbocycles. The fourth-order valence-corrected chi connectivity index (χ4v) is 2.17. The molecular formula is C17H15BrN2O3. The molecule has 0 bridgehead atoms. The molecule has 1 amide bonds. The number of halogens is 1. The van der Waals surface area contributed by atoms with Gasteiger partial charge < -0.3 is 14.8 Å². The van der Waals surface area contributed by atoms with Gasteiger partial charge in [-0.3, -0.25) is 4.79 Å². The molecule has 2 rings (SSSR count). The minimum absolute atomic E-state index is 0.155. The van der Waals surface area contributed by atoms with Crippen molar-refractivity contribution < 1.29 is 14.3 Å². The molecule has 0 radical (unpaired) electrons. The number of nitriles is 1. The molecule has 0 saturated heterocycles. The summed E-state index contributed by atoms with van der Waals surface area (Å²) in [6.07, 6.45) is 0. The summed E-state index contributed by atoms with van der Waals surface area (Å²) in [5.41, 5.74) is 2.19. The molecule has 5 nitrogen and oxygen atoms in total. The molecule has 1 N–H and O–H groups in total. The number of hydrogen-bond donors (Lipinski definition) is 1. The Bertz CT molecular complexity index is 769. The van der Waals surface area contributed by atoms with Gasteiger partial charge in [-0.25, -0.2) is 0 Å². The fourth-order valence-electron chi connectivity index (χ4n) is 1.92. The Morgan fingerprint density at radius 1 is 1.26 bits per heavy atom. The second kappa shape index (κ2) is 7.65. The summed E-state index contributed by atoms with van der Waals surface area (Å²) in [6.45, 7) is 1.79. The molecule has 118 valence electrons. The van der Waals surface area contributed by atoms with Gasteiger partial charge in [0.05, 0.1) is 18.7 Å². The van der Waals surface area contributed by atoms with E-state index in [0.29, 0.717) is 22.7 Å². The lowest BCUT2D eigenvalue weighted by molar-refractivity contribution is -0.118. The molecule has 0 aliphatic rings. The van der Waals surface area contributed by atoms with E-state index < -0.39 is 0 Å². The Labute approximate surface area is 143 Å². The lowest BCUT2D eigenvalue weighted by Gasteiger charge is -2.11. The Balaban J connectivity index is 1.99. The van der Waals surface area contributed by atoms with Crippen LogP contribution in [-0.4, -0.2) is 19.6 Å². The second-order valence-electron chi connectivity index (χ2n) is 4.78. The van der Waals surface area contributed by atoms with E-state index in [-0.39, 0.29) is 12.5 Å². The highest BCUT2D eigenvalue weighted by Gasteiger charge is 2.09. The first-order valence-corrected chi connectivity index (χ1v) is 7.59. The third kappa shape index (κ3) is 4.47. The van der Waals surface area contributed by atoms with Gasteiger partial charge in [0.15, 0.2) is 18.1 Å². The summed E-state index contributed by atoms with van der Waals surface area (Å²) < 4.78 is 11.6. The van der Waals surface area contributed by atoms with Crippen molar-refractivity contribution in [3.63, 3.8) is 0 Å².